The lowest BCUT2D eigenvalue weighted by atomic mass is 9.91. The number of aliphatic hydroxyl groups excluding tert-OH is 1. The van der Waals surface area contributed by atoms with Crippen LogP contribution < -0.4 is 10.6 Å². The summed E-state index contributed by atoms with van der Waals surface area (Å²) < 4.78 is 0. The summed E-state index contributed by atoms with van der Waals surface area (Å²) >= 11 is 0. The van der Waals surface area contributed by atoms with Crippen molar-refractivity contribution in [2.45, 2.75) is 52.6 Å². The lowest BCUT2D eigenvalue weighted by Gasteiger charge is -2.29. The van der Waals surface area contributed by atoms with Gasteiger partial charge in [-0.2, -0.15) is 0 Å². The highest BCUT2D eigenvalue weighted by Gasteiger charge is 2.19. The molecule has 92 valence electrons. The number of nitrogens with one attached hydrogen (secondary N) is 2. The summed E-state index contributed by atoms with van der Waals surface area (Å²) in [5.74, 6) is 0.647. The van der Waals surface area contributed by atoms with E-state index in [9.17, 15) is 0 Å². The average molecular weight is 216 g/mol. The summed E-state index contributed by atoms with van der Waals surface area (Å²) in [6.45, 7) is 12.9. The van der Waals surface area contributed by atoms with Gasteiger partial charge in [0.1, 0.15) is 0 Å². The molecule has 0 heterocycles. The molecular weight excluding hydrogens is 188 g/mol. The smallest absolute Gasteiger partial charge is 0.0556 e. The van der Waals surface area contributed by atoms with Gasteiger partial charge >= 0.3 is 0 Å². The zero-order valence-electron chi connectivity index (χ0n) is 10.9. The second-order valence-electron chi connectivity index (χ2n) is 5.41. The molecule has 0 amide bonds. The summed E-state index contributed by atoms with van der Waals surface area (Å²) in [5.41, 5.74) is 0.112. The van der Waals surface area contributed by atoms with Gasteiger partial charge in [0.15, 0.2) is 0 Å². The Kier molecular flexibility index (Phi) is 7.14. The molecular formula is C12H28N2O. The topological polar surface area (TPSA) is 44.3 Å². The van der Waals surface area contributed by atoms with Crippen molar-refractivity contribution in [1.29, 1.82) is 0 Å². The van der Waals surface area contributed by atoms with Crippen LogP contribution in [-0.4, -0.2) is 36.4 Å². The molecule has 0 saturated carbocycles. The van der Waals surface area contributed by atoms with E-state index in [1.807, 2.05) is 0 Å². The molecule has 0 aromatic rings. The van der Waals surface area contributed by atoms with Gasteiger partial charge in [-0.1, -0.05) is 20.8 Å². The third-order valence-corrected chi connectivity index (χ3v) is 2.45. The quantitative estimate of drug-likeness (QED) is 0.574. The van der Waals surface area contributed by atoms with Crippen LogP contribution in [0.3, 0.4) is 0 Å². The van der Waals surface area contributed by atoms with E-state index >= 15 is 0 Å². The molecule has 1 unspecified atom stereocenters. The molecule has 0 radical (unpaired) electrons. The second-order valence-corrected chi connectivity index (χ2v) is 5.41. The predicted octanol–water partition coefficient (Wildman–Crippen LogP) is 1.37. The van der Waals surface area contributed by atoms with Crippen LogP contribution in [-0.2, 0) is 0 Å². The molecule has 0 bridgehead atoms. The van der Waals surface area contributed by atoms with E-state index in [1.165, 1.54) is 0 Å². The molecule has 1 atom stereocenters. The molecule has 0 spiro atoms. The van der Waals surface area contributed by atoms with Crippen molar-refractivity contribution < 1.29 is 5.11 Å². The van der Waals surface area contributed by atoms with Gasteiger partial charge in [0.25, 0.3) is 0 Å². The van der Waals surface area contributed by atoms with Gasteiger partial charge in [0, 0.05) is 18.1 Å². The lowest BCUT2D eigenvalue weighted by molar-refractivity contribution is 0.244. The molecule has 0 aromatic heterocycles. The van der Waals surface area contributed by atoms with Crippen LogP contribution >= 0.6 is 0 Å². The minimum atomic E-state index is 0.112. The van der Waals surface area contributed by atoms with Crippen molar-refractivity contribution in [3.05, 3.63) is 0 Å². The minimum absolute atomic E-state index is 0.112. The summed E-state index contributed by atoms with van der Waals surface area (Å²) in [7, 11) is 0. The monoisotopic (exact) mass is 216 g/mol. The van der Waals surface area contributed by atoms with Gasteiger partial charge in [-0.15, -0.1) is 0 Å². The fourth-order valence-corrected chi connectivity index (χ4v) is 1.85. The molecule has 0 rings (SSSR count). The summed E-state index contributed by atoms with van der Waals surface area (Å²) in [6, 6.07) is 0.556. The maximum absolute atomic E-state index is 8.77. The molecule has 0 aliphatic carbocycles. The molecule has 3 heteroatoms. The maximum Gasteiger partial charge on any atom is 0.0556 e. The molecule has 0 aliphatic heterocycles. The Bertz CT molecular complexity index is 158. The SMILES string of the molecule is CC(CNC(C)C)CC(C)(C)NCCO. The van der Waals surface area contributed by atoms with Crippen LogP contribution in [0.1, 0.15) is 41.0 Å². The van der Waals surface area contributed by atoms with Crippen molar-refractivity contribution in [2.75, 3.05) is 19.7 Å². The van der Waals surface area contributed by atoms with Crippen molar-refractivity contribution in [1.82, 2.24) is 10.6 Å². The highest BCUT2D eigenvalue weighted by molar-refractivity contribution is 4.80. The third-order valence-electron chi connectivity index (χ3n) is 2.45. The van der Waals surface area contributed by atoms with Crippen LogP contribution in [0.25, 0.3) is 0 Å². The van der Waals surface area contributed by atoms with Gasteiger partial charge in [-0.3, -0.25) is 0 Å². The molecule has 3 N–H and O–H groups in total. The predicted molar refractivity (Wildman–Crippen MR) is 66.1 cm³/mol. The molecule has 0 fully saturated rings. The molecule has 0 aliphatic rings. The average Bonchev–Trinajstić information content (AvgIpc) is 2.11. The Labute approximate surface area is 94.6 Å². The van der Waals surface area contributed by atoms with E-state index in [2.05, 4.69) is 45.3 Å². The van der Waals surface area contributed by atoms with E-state index in [4.69, 9.17) is 5.11 Å². The third kappa shape index (κ3) is 8.85. The first-order chi connectivity index (χ1) is 6.87. The Balaban J connectivity index is 3.76. The minimum Gasteiger partial charge on any atom is -0.395 e. The fraction of sp³-hybridized carbons (Fsp3) is 1.00. The fourth-order valence-electron chi connectivity index (χ4n) is 1.85. The summed E-state index contributed by atoms with van der Waals surface area (Å²) in [4.78, 5) is 0. The number of hydrogen-bond acceptors (Lipinski definition) is 3. The van der Waals surface area contributed by atoms with Gasteiger partial charge in [-0.05, 0) is 32.7 Å². The van der Waals surface area contributed by atoms with Crippen LogP contribution in [0.4, 0.5) is 0 Å². The maximum atomic E-state index is 8.77. The van der Waals surface area contributed by atoms with E-state index in [1.54, 1.807) is 0 Å². The molecule has 3 nitrogen and oxygen atoms in total. The number of hydrogen-bond donors (Lipinski definition) is 3. The van der Waals surface area contributed by atoms with Crippen molar-refractivity contribution in [2.24, 2.45) is 5.92 Å². The first-order valence-electron chi connectivity index (χ1n) is 5.96. The van der Waals surface area contributed by atoms with Crippen LogP contribution in [0.15, 0.2) is 0 Å². The van der Waals surface area contributed by atoms with Gasteiger partial charge < -0.3 is 15.7 Å². The molecule has 15 heavy (non-hydrogen) atoms. The standard InChI is InChI=1S/C12H28N2O/c1-10(2)13-9-11(3)8-12(4,5)14-6-7-15/h10-11,13-15H,6-9H2,1-5H3. The van der Waals surface area contributed by atoms with Crippen molar-refractivity contribution >= 4 is 0 Å². The molecule has 0 aromatic carbocycles. The van der Waals surface area contributed by atoms with Crippen molar-refractivity contribution in [3.63, 3.8) is 0 Å². The van der Waals surface area contributed by atoms with Crippen LogP contribution in [0.2, 0.25) is 0 Å². The zero-order valence-corrected chi connectivity index (χ0v) is 10.9. The van der Waals surface area contributed by atoms with Crippen LogP contribution in [0.5, 0.6) is 0 Å². The number of rotatable bonds is 8. The van der Waals surface area contributed by atoms with Crippen LogP contribution in [0, 0.1) is 5.92 Å². The highest BCUT2D eigenvalue weighted by Crippen LogP contribution is 2.15. The number of aliphatic hydroxyl groups is 1. The highest BCUT2D eigenvalue weighted by atomic mass is 16.3. The largest absolute Gasteiger partial charge is 0.395 e. The summed E-state index contributed by atoms with van der Waals surface area (Å²) in [6.07, 6.45) is 1.12. The van der Waals surface area contributed by atoms with Crippen molar-refractivity contribution in [3.8, 4) is 0 Å². The molecule has 0 saturated heterocycles. The van der Waals surface area contributed by atoms with E-state index in [0.29, 0.717) is 18.5 Å². The lowest BCUT2D eigenvalue weighted by Crippen LogP contribution is -2.43. The van der Waals surface area contributed by atoms with Gasteiger partial charge in [-0.25, -0.2) is 0 Å². The van der Waals surface area contributed by atoms with E-state index in [-0.39, 0.29) is 12.1 Å². The van der Waals surface area contributed by atoms with E-state index < -0.39 is 0 Å². The Morgan fingerprint density at radius 3 is 2.27 bits per heavy atom. The Hall–Kier alpha value is -0.120. The van der Waals surface area contributed by atoms with E-state index in [0.717, 1.165) is 13.0 Å². The Morgan fingerprint density at radius 1 is 1.20 bits per heavy atom. The summed E-state index contributed by atoms with van der Waals surface area (Å²) in [5, 5.41) is 15.6. The van der Waals surface area contributed by atoms with Gasteiger partial charge in [0.05, 0.1) is 6.61 Å². The first-order valence-corrected chi connectivity index (χ1v) is 5.96. The Morgan fingerprint density at radius 2 is 1.80 bits per heavy atom. The van der Waals surface area contributed by atoms with Gasteiger partial charge in [0.2, 0.25) is 0 Å². The normalized spacial score (nSPS) is 14.6. The second kappa shape index (κ2) is 7.20. The zero-order chi connectivity index (χ0) is 11.9. The number of β-amino-alcohol motifs (C(OH)–C–C–N with tert-alkyl or cyclic N) is 1. The first kappa shape index (κ1) is 14.9.